The first-order valence-corrected chi connectivity index (χ1v) is 7.24. The second-order valence-corrected chi connectivity index (χ2v) is 5.80. The lowest BCUT2D eigenvalue weighted by Crippen LogP contribution is -2.28. The molecule has 0 aromatic heterocycles. The van der Waals surface area contributed by atoms with Crippen LogP contribution in [-0.2, 0) is 17.6 Å². The molecule has 0 fully saturated rings. The van der Waals surface area contributed by atoms with E-state index in [1.807, 2.05) is 24.3 Å². The average molecular weight is 334 g/mol. The molecule has 2 aromatic carbocycles. The molecule has 20 heavy (non-hydrogen) atoms. The van der Waals surface area contributed by atoms with Crippen LogP contribution in [0, 0.1) is 5.82 Å². The van der Waals surface area contributed by atoms with Gasteiger partial charge in [-0.1, -0.05) is 24.3 Å². The highest BCUT2D eigenvalue weighted by Crippen LogP contribution is 2.26. The van der Waals surface area contributed by atoms with E-state index in [-0.39, 0.29) is 17.6 Å². The molecule has 2 nitrogen and oxygen atoms in total. The number of fused-ring (bicyclic) bond motifs is 1. The number of carbonyl (C=O) groups excluding carboxylic acids is 1. The Bertz CT molecular complexity index is 646. The van der Waals surface area contributed by atoms with Gasteiger partial charge in [-0.15, -0.1) is 0 Å². The predicted octanol–water partition coefficient (Wildman–Crippen LogP) is 3.74. The Kier molecular flexibility index (Phi) is 3.57. The number of halogens is 2. The Morgan fingerprint density at radius 1 is 1.30 bits per heavy atom. The van der Waals surface area contributed by atoms with Crippen molar-refractivity contribution in [2.24, 2.45) is 0 Å². The van der Waals surface area contributed by atoms with Gasteiger partial charge in [0.2, 0.25) is 0 Å². The molecule has 102 valence electrons. The summed E-state index contributed by atoms with van der Waals surface area (Å²) in [6.07, 6.45) is 1.03. The predicted molar refractivity (Wildman–Crippen MR) is 80.4 cm³/mol. The molecule has 1 heterocycles. The summed E-state index contributed by atoms with van der Waals surface area (Å²) in [6.45, 7) is 0. The summed E-state index contributed by atoms with van der Waals surface area (Å²) in [4.78, 5) is 12.3. The quantitative estimate of drug-likeness (QED) is 0.927. The molecule has 2 aromatic rings. The lowest BCUT2D eigenvalue weighted by Gasteiger charge is -2.10. The van der Waals surface area contributed by atoms with E-state index in [1.54, 1.807) is 12.1 Å². The van der Waals surface area contributed by atoms with E-state index in [1.165, 1.54) is 11.6 Å². The van der Waals surface area contributed by atoms with E-state index in [2.05, 4.69) is 21.2 Å². The second-order valence-electron chi connectivity index (χ2n) is 4.95. The summed E-state index contributed by atoms with van der Waals surface area (Å²) in [7, 11) is 0. The van der Waals surface area contributed by atoms with Gasteiger partial charge >= 0.3 is 0 Å². The van der Waals surface area contributed by atoms with Gasteiger partial charge in [-0.3, -0.25) is 4.79 Å². The van der Waals surface area contributed by atoms with Crippen molar-refractivity contribution in [2.45, 2.75) is 18.9 Å². The monoisotopic (exact) mass is 333 g/mol. The molecule has 0 saturated carbocycles. The number of rotatable bonds is 3. The zero-order valence-corrected chi connectivity index (χ0v) is 12.3. The van der Waals surface area contributed by atoms with Crippen LogP contribution in [-0.4, -0.2) is 11.8 Å². The van der Waals surface area contributed by atoms with Crippen LogP contribution in [0.4, 0.5) is 10.1 Å². The van der Waals surface area contributed by atoms with Crippen LogP contribution < -0.4 is 5.32 Å². The number of benzene rings is 2. The Labute approximate surface area is 125 Å². The molecule has 1 unspecified atom stereocenters. The van der Waals surface area contributed by atoms with Gasteiger partial charge in [0.05, 0.1) is 10.5 Å². The molecule has 3 rings (SSSR count). The molecule has 1 aliphatic heterocycles. The van der Waals surface area contributed by atoms with Crippen molar-refractivity contribution in [1.82, 2.24) is 0 Å². The lowest BCUT2D eigenvalue weighted by molar-refractivity contribution is -0.119. The van der Waals surface area contributed by atoms with E-state index < -0.39 is 0 Å². The summed E-state index contributed by atoms with van der Waals surface area (Å²) in [5.74, 6) is -0.188. The highest BCUT2D eigenvalue weighted by atomic mass is 79.9. The fourth-order valence-corrected chi connectivity index (χ4v) is 2.89. The van der Waals surface area contributed by atoms with Gasteiger partial charge in [-0.25, -0.2) is 4.39 Å². The first kappa shape index (κ1) is 13.3. The fraction of sp³-hybridized carbons (Fsp3) is 0.188. The Morgan fingerprint density at radius 3 is 2.85 bits per heavy atom. The standard InChI is InChI=1S/C16H13BrFNO/c17-12-7-10(5-6-13(12)18)8-16(20)15-9-11-3-1-2-4-14(11)19-15/h1-7,15,19H,8-9H2. The highest BCUT2D eigenvalue weighted by molar-refractivity contribution is 9.10. The molecule has 0 amide bonds. The number of para-hydroxylation sites is 1. The first-order chi connectivity index (χ1) is 9.63. The highest BCUT2D eigenvalue weighted by Gasteiger charge is 2.26. The first-order valence-electron chi connectivity index (χ1n) is 6.44. The third kappa shape index (κ3) is 2.61. The molecule has 1 N–H and O–H groups in total. The number of Topliss-reactive ketones (excluding diaryl/α,β-unsaturated/α-hetero) is 1. The number of anilines is 1. The molecule has 0 aliphatic carbocycles. The van der Waals surface area contributed by atoms with Crippen molar-refractivity contribution in [3.8, 4) is 0 Å². The van der Waals surface area contributed by atoms with Crippen LogP contribution in [0.2, 0.25) is 0 Å². The summed E-state index contributed by atoms with van der Waals surface area (Å²) in [5.41, 5.74) is 3.03. The smallest absolute Gasteiger partial charge is 0.159 e. The van der Waals surface area contributed by atoms with Crippen LogP contribution in [0.1, 0.15) is 11.1 Å². The van der Waals surface area contributed by atoms with E-state index in [0.29, 0.717) is 10.9 Å². The number of hydrogen-bond acceptors (Lipinski definition) is 2. The van der Waals surface area contributed by atoms with Gasteiger partial charge in [0, 0.05) is 18.5 Å². The van der Waals surface area contributed by atoms with Crippen LogP contribution in [0.15, 0.2) is 46.9 Å². The lowest BCUT2D eigenvalue weighted by atomic mass is 10.0. The molecule has 0 radical (unpaired) electrons. The van der Waals surface area contributed by atoms with Crippen LogP contribution in [0.5, 0.6) is 0 Å². The van der Waals surface area contributed by atoms with Gasteiger partial charge in [-0.2, -0.15) is 0 Å². The van der Waals surface area contributed by atoms with Crippen molar-refractivity contribution in [3.63, 3.8) is 0 Å². The number of ketones is 1. The number of hydrogen-bond donors (Lipinski definition) is 1. The maximum atomic E-state index is 13.2. The molecule has 4 heteroatoms. The Hall–Kier alpha value is -1.68. The molecular formula is C16H13BrFNO. The van der Waals surface area contributed by atoms with Crippen LogP contribution >= 0.6 is 15.9 Å². The van der Waals surface area contributed by atoms with Crippen LogP contribution in [0.25, 0.3) is 0 Å². The minimum atomic E-state index is -0.312. The summed E-state index contributed by atoms with van der Waals surface area (Å²) >= 11 is 3.14. The van der Waals surface area contributed by atoms with Crippen LogP contribution in [0.3, 0.4) is 0 Å². The van der Waals surface area contributed by atoms with Gasteiger partial charge in [0.15, 0.2) is 5.78 Å². The summed E-state index contributed by atoms with van der Waals surface area (Å²) in [5, 5.41) is 3.25. The maximum Gasteiger partial charge on any atom is 0.159 e. The SMILES string of the molecule is O=C(Cc1ccc(F)c(Br)c1)C1Cc2ccccc2N1. The van der Waals surface area contributed by atoms with E-state index in [4.69, 9.17) is 0 Å². The zero-order chi connectivity index (χ0) is 14.1. The third-order valence-electron chi connectivity index (χ3n) is 3.52. The van der Waals surface area contributed by atoms with Gasteiger partial charge < -0.3 is 5.32 Å². The minimum Gasteiger partial charge on any atom is -0.375 e. The van der Waals surface area contributed by atoms with Gasteiger partial charge in [-0.05, 0) is 45.3 Å². The van der Waals surface area contributed by atoms with E-state index in [0.717, 1.165) is 17.7 Å². The van der Waals surface area contributed by atoms with E-state index in [9.17, 15) is 9.18 Å². The second kappa shape index (κ2) is 5.37. The summed E-state index contributed by atoms with van der Waals surface area (Å²) < 4.78 is 13.6. The molecule has 0 spiro atoms. The topological polar surface area (TPSA) is 29.1 Å². The van der Waals surface area contributed by atoms with Crippen molar-refractivity contribution < 1.29 is 9.18 Å². The summed E-state index contributed by atoms with van der Waals surface area (Å²) in [6, 6.07) is 12.5. The van der Waals surface area contributed by atoms with Gasteiger partial charge in [0.25, 0.3) is 0 Å². The van der Waals surface area contributed by atoms with Crippen molar-refractivity contribution in [2.75, 3.05) is 5.32 Å². The maximum absolute atomic E-state index is 13.2. The van der Waals surface area contributed by atoms with E-state index >= 15 is 0 Å². The minimum absolute atomic E-state index is 0.125. The number of carbonyl (C=O) groups is 1. The van der Waals surface area contributed by atoms with Crippen molar-refractivity contribution in [3.05, 3.63) is 63.9 Å². The van der Waals surface area contributed by atoms with Crippen molar-refractivity contribution >= 4 is 27.4 Å². The Morgan fingerprint density at radius 2 is 2.10 bits per heavy atom. The fourth-order valence-electron chi connectivity index (χ4n) is 2.47. The number of nitrogens with one attached hydrogen (secondary N) is 1. The molecule has 0 bridgehead atoms. The molecule has 1 aliphatic rings. The largest absolute Gasteiger partial charge is 0.375 e. The molecule has 0 saturated heterocycles. The molecular weight excluding hydrogens is 321 g/mol. The van der Waals surface area contributed by atoms with Gasteiger partial charge in [0.1, 0.15) is 5.82 Å². The third-order valence-corrected chi connectivity index (χ3v) is 4.13. The Balaban J connectivity index is 1.71. The molecule has 1 atom stereocenters. The average Bonchev–Trinajstić information content (AvgIpc) is 2.87. The van der Waals surface area contributed by atoms with Crippen molar-refractivity contribution in [1.29, 1.82) is 0 Å². The zero-order valence-electron chi connectivity index (χ0n) is 10.7. The normalized spacial score (nSPS) is 16.6.